The van der Waals surface area contributed by atoms with Crippen LogP contribution in [0.5, 0.6) is 5.75 Å². The van der Waals surface area contributed by atoms with Crippen LogP contribution in [-0.4, -0.2) is 18.4 Å². The molecule has 2 N–H and O–H groups in total. The van der Waals surface area contributed by atoms with E-state index in [0.29, 0.717) is 12.3 Å². The van der Waals surface area contributed by atoms with Crippen molar-refractivity contribution in [1.82, 2.24) is 0 Å². The summed E-state index contributed by atoms with van der Waals surface area (Å²) in [5, 5.41) is 0. The Morgan fingerprint density at radius 3 is 3.00 bits per heavy atom. The van der Waals surface area contributed by atoms with Crippen molar-refractivity contribution in [1.29, 1.82) is 0 Å². The first kappa shape index (κ1) is 14.1. The molecule has 1 aliphatic rings. The fourth-order valence-corrected chi connectivity index (χ4v) is 2.99. The summed E-state index contributed by atoms with van der Waals surface area (Å²) in [6.07, 6.45) is 4.28. The van der Waals surface area contributed by atoms with Gasteiger partial charge in [-0.2, -0.15) is 0 Å². The summed E-state index contributed by atoms with van der Waals surface area (Å²) in [6, 6.07) is 7.66. The Morgan fingerprint density at radius 1 is 1.53 bits per heavy atom. The van der Waals surface area contributed by atoms with Gasteiger partial charge >= 0.3 is 0 Å². The Balaban J connectivity index is 2.07. The van der Waals surface area contributed by atoms with Crippen LogP contribution in [0, 0.1) is 5.92 Å². The van der Waals surface area contributed by atoms with Crippen LogP contribution in [0.4, 0.5) is 0 Å². The molecular formula is C16H23NO2. The van der Waals surface area contributed by atoms with Crippen LogP contribution in [0.2, 0.25) is 0 Å². The van der Waals surface area contributed by atoms with Gasteiger partial charge in [-0.15, -0.1) is 0 Å². The molecule has 2 unspecified atom stereocenters. The molecule has 0 radical (unpaired) electrons. The Morgan fingerprint density at radius 2 is 2.32 bits per heavy atom. The SMILES string of the molecule is COc1cccc(CC(=O)C2(N)CCCC(C)C2)c1. The molecule has 0 bridgehead atoms. The van der Waals surface area contributed by atoms with Gasteiger partial charge < -0.3 is 10.5 Å². The highest BCUT2D eigenvalue weighted by atomic mass is 16.5. The summed E-state index contributed by atoms with van der Waals surface area (Å²) in [7, 11) is 1.63. The lowest BCUT2D eigenvalue weighted by atomic mass is 9.73. The van der Waals surface area contributed by atoms with E-state index in [4.69, 9.17) is 10.5 Å². The fourth-order valence-electron chi connectivity index (χ4n) is 2.99. The molecule has 1 aliphatic carbocycles. The van der Waals surface area contributed by atoms with Crippen molar-refractivity contribution in [2.45, 2.75) is 44.6 Å². The summed E-state index contributed by atoms with van der Waals surface area (Å²) >= 11 is 0. The normalized spacial score (nSPS) is 27.0. The Labute approximate surface area is 115 Å². The van der Waals surface area contributed by atoms with Crippen molar-refractivity contribution in [2.24, 2.45) is 11.7 Å². The molecule has 1 saturated carbocycles. The van der Waals surface area contributed by atoms with E-state index in [-0.39, 0.29) is 5.78 Å². The number of ketones is 1. The quantitative estimate of drug-likeness (QED) is 0.906. The van der Waals surface area contributed by atoms with Crippen LogP contribution in [0.1, 0.15) is 38.2 Å². The second-order valence-corrected chi connectivity index (χ2v) is 5.81. The Kier molecular flexibility index (Phi) is 4.25. The highest BCUT2D eigenvalue weighted by molar-refractivity contribution is 5.90. The molecule has 0 spiro atoms. The van der Waals surface area contributed by atoms with E-state index < -0.39 is 5.54 Å². The fraction of sp³-hybridized carbons (Fsp3) is 0.562. The molecule has 0 saturated heterocycles. The number of nitrogens with two attached hydrogens (primary N) is 1. The van der Waals surface area contributed by atoms with E-state index in [1.807, 2.05) is 24.3 Å². The van der Waals surface area contributed by atoms with Crippen molar-refractivity contribution < 1.29 is 9.53 Å². The predicted molar refractivity (Wildman–Crippen MR) is 76.3 cm³/mol. The maximum atomic E-state index is 12.5. The number of hydrogen-bond donors (Lipinski definition) is 1. The van der Waals surface area contributed by atoms with Crippen LogP contribution in [0.25, 0.3) is 0 Å². The summed E-state index contributed by atoms with van der Waals surface area (Å²) < 4.78 is 5.18. The first-order chi connectivity index (χ1) is 9.03. The largest absolute Gasteiger partial charge is 0.497 e. The minimum Gasteiger partial charge on any atom is -0.497 e. The minimum atomic E-state index is -0.624. The summed E-state index contributed by atoms with van der Waals surface area (Å²) in [4.78, 5) is 12.5. The molecule has 1 fully saturated rings. The van der Waals surface area contributed by atoms with Gasteiger partial charge in [-0.25, -0.2) is 0 Å². The van der Waals surface area contributed by atoms with Gasteiger partial charge in [-0.1, -0.05) is 31.9 Å². The monoisotopic (exact) mass is 261 g/mol. The lowest BCUT2D eigenvalue weighted by molar-refractivity contribution is -0.125. The van der Waals surface area contributed by atoms with Gasteiger partial charge in [0.25, 0.3) is 0 Å². The molecule has 1 aromatic carbocycles. The van der Waals surface area contributed by atoms with Crippen LogP contribution < -0.4 is 10.5 Å². The van der Waals surface area contributed by atoms with Crippen molar-refractivity contribution in [3.05, 3.63) is 29.8 Å². The Hall–Kier alpha value is -1.35. The van der Waals surface area contributed by atoms with Crippen molar-refractivity contribution in [3.63, 3.8) is 0 Å². The standard InChI is InChI=1S/C16H23NO2/c1-12-5-4-8-16(17,11-12)15(18)10-13-6-3-7-14(9-13)19-2/h3,6-7,9,12H,4-5,8,10-11,17H2,1-2H3. The first-order valence-electron chi connectivity index (χ1n) is 6.98. The van der Waals surface area contributed by atoms with E-state index in [0.717, 1.165) is 30.6 Å². The maximum absolute atomic E-state index is 12.5. The highest BCUT2D eigenvalue weighted by Gasteiger charge is 2.37. The van der Waals surface area contributed by atoms with Crippen molar-refractivity contribution >= 4 is 5.78 Å². The van der Waals surface area contributed by atoms with Gasteiger partial charge in [0.15, 0.2) is 5.78 Å². The second kappa shape index (κ2) is 5.74. The highest BCUT2D eigenvalue weighted by Crippen LogP contribution is 2.32. The molecule has 3 heteroatoms. The third-order valence-electron chi connectivity index (χ3n) is 4.09. The zero-order chi connectivity index (χ0) is 13.9. The van der Waals surface area contributed by atoms with E-state index in [9.17, 15) is 4.79 Å². The van der Waals surface area contributed by atoms with Crippen molar-refractivity contribution in [3.8, 4) is 5.75 Å². The number of carbonyl (C=O) groups excluding carboxylic acids is 1. The lowest BCUT2D eigenvalue weighted by Gasteiger charge is -2.35. The van der Waals surface area contributed by atoms with E-state index in [2.05, 4.69) is 6.92 Å². The number of Topliss-reactive ketones (excluding diaryl/α,β-unsaturated/α-hetero) is 1. The zero-order valence-electron chi connectivity index (χ0n) is 11.8. The third kappa shape index (κ3) is 3.35. The smallest absolute Gasteiger partial charge is 0.157 e. The molecule has 0 aromatic heterocycles. The third-order valence-corrected chi connectivity index (χ3v) is 4.09. The molecule has 2 rings (SSSR count). The van der Waals surface area contributed by atoms with Gasteiger partial charge in [0, 0.05) is 6.42 Å². The van der Waals surface area contributed by atoms with Gasteiger partial charge in [0.05, 0.1) is 12.6 Å². The van der Waals surface area contributed by atoms with Gasteiger partial charge in [-0.3, -0.25) is 4.79 Å². The number of hydrogen-bond acceptors (Lipinski definition) is 3. The summed E-state index contributed by atoms with van der Waals surface area (Å²) in [5.74, 6) is 1.49. The number of methoxy groups -OCH3 is 1. The summed E-state index contributed by atoms with van der Waals surface area (Å²) in [6.45, 7) is 2.18. The predicted octanol–water partition coefficient (Wildman–Crippen LogP) is 2.71. The molecule has 19 heavy (non-hydrogen) atoms. The molecule has 3 nitrogen and oxygen atoms in total. The molecule has 2 atom stereocenters. The molecule has 0 amide bonds. The molecule has 104 valence electrons. The average molecular weight is 261 g/mol. The van der Waals surface area contributed by atoms with Gasteiger partial charge in [-0.05, 0) is 36.5 Å². The second-order valence-electron chi connectivity index (χ2n) is 5.81. The molecule has 0 heterocycles. The van der Waals surface area contributed by atoms with Crippen LogP contribution in [0.3, 0.4) is 0 Å². The van der Waals surface area contributed by atoms with E-state index >= 15 is 0 Å². The lowest BCUT2D eigenvalue weighted by Crippen LogP contribution is -2.51. The molecule has 0 aliphatic heterocycles. The maximum Gasteiger partial charge on any atom is 0.157 e. The van der Waals surface area contributed by atoms with E-state index in [1.165, 1.54) is 6.42 Å². The topological polar surface area (TPSA) is 52.3 Å². The number of carbonyl (C=O) groups is 1. The number of ether oxygens (including phenoxy) is 1. The van der Waals surface area contributed by atoms with Crippen LogP contribution in [-0.2, 0) is 11.2 Å². The Bertz CT molecular complexity index is 458. The van der Waals surface area contributed by atoms with Crippen molar-refractivity contribution in [2.75, 3.05) is 7.11 Å². The van der Waals surface area contributed by atoms with Crippen LogP contribution >= 0.6 is 0 Å². The average Bonchev–Trinajstić information content (AvgIpc) is 2.38. The number of rotatable bonds is 4. The minimum absolute atomic E-state index is 0.160. The van der Waals surface area contributed by atoms with Crippen LogP contribution in [0.15, 0.2) is 24.3 Å². The molecule has 1 aromatic rings. The van der Waals surface area contributed by atoms with E-state index in [1.54, 1.807) is 7.11 Å². The first-order valence-corrected chi connectivity index (χ1v) is 6.98. The van der Waals surface area contributed by atoms with Gasteiger partial charge in [0.1, 0.15) is 5.75 Å². The molecular weight excluding hydrogens is 238 g/mol. The number of benzene rings is 1. The van der Waals surface area contributed by atoms with Gasteiger partial charge in [0.2, 0.25) is 0 Å². The zero-order valence-corrected chi connectivity index (χ0v) is 11.8. The summed E-state index contributed by atoms with van der Waals surface area (Å²) in [5.41, 5.74) is 6.69.